The van der Waals surface area contributed by atoms with Crippen LogP contribution in [-0.2, 0) is 55.8 Å². The highest BCUT2D eigenvalue weighted by Gasteiger charge is 2.29. The molecule has 0 aliphatic carbocycles. The number of esters is 3. The summed E-state index contributed by atoms with van der Waals surface area (Å²) < 4.78 is 60.5. The highest BCUT2D eigenvalue weighted by atomic mass is 31.2. The number of aliphatic hydroxyl groups excluding tert-OH is 2. The van der Waals surface area contributed by atoms with Gasteiger partial charge in [0.05, 0.1) is 26.4 Å². The first-order chi connectivity index (χ1) is 37.2. The van der Waals surface area contributed by atoms with E-state index in [4.69, 9.17) is 32.3 Å². The van der Waals surface area contributed by atoms with E-state index in [1.54, 1.807) is 0 Å². The smallest absolute Gasteiger partial charge is 0.463 e. The molecule has 0 saturated carbocycles. The minimum Gasteiger partial charge on any atom is -0.463 e. The number of unbranched alkanes of at least 4 members (excludes halogenated alkanes) is 23. The number of carbonyl (C=O) groups is 3. The van der Waals surface area contributed by atoms with Crippen molar-refractivity contribution in [2.45, 2.75) is 257 Å². The summed E-state index contributed by atoms with van der Waals surface area (Å²) in [7, 11) is -9.75. The quantitative estimate of drug-likeness (QED) is 0.0146. The SMILES string of the molecule is CC/C=C\C/C=C\C/C=C\CCCCCCCC(=O)OCC(O)COP(=O)(O)OCC(O)COP(=O)(O)OCC(COC(=O)CCCCCCC/C=C\CCCCCCCC)OC(=O)CCCCCCC/C=C\CCCC. The lowest BCUT2D eigenvalue weighted by molar-refractivity contribution is -0.161. The Labute approximate surface area is 465 Å². The van der Waals surface area contributed by atoms with Crippen molar-refractivity contribution < 1.29 is 75.8 Å². The Morgan fingerprint density at radius 2 is 0.701 bits per heavy atom. The van der Waals surface area contributed by atoms with Crippen LogP contribution in [0, 0.1) is 0 Å². The maximum Gasteiger partial charge on any atom is 0.472 e. The fourth-order valence-electron chi connectivity index (χ4n) is 7.62. The maximum absolute atomic E-state index is 12.8. The van der Waals surface area contributed by atoms with Crippen LogP contribution in [0.5, 0.6) is 0 Å². The highest BCUT2D eigenvalue weighted by Crippen LogP contribution is 2.45. The van der Waals surface area contributed by atoms with Gasteiger partial charge in [-0.15, -0.1) is 0 Å². The fraction of sp³-hybridized carbons (Fsp3) is 0.780. The normalized spacial score (nSPS) is 14.9. The summed E-state index contributed by atoms with van der Waals surface area (Å²) >= 11 is 0. The van der Waals surface area contributed by atoms with E-state index < -0.39 is 91.5 Å². The largest absolute Gasteiger partial charge is 0.472 e. The van der Waals surface area contributed by atoms with Gasteiger partial charge in [-0.2, -0.15) is 0 Å². The van der Waals surface area contributed by atoms with Crippen LogP contribution in [0.15, 0.2) is 60.8 Å². The number of allylic oxidation sites excluding steroid dienone is 10. The van der Waals surface area contributed by atoms with Crippen molar-refractivity contribution in [1.82, 2.24) is 0 Å². The molecule has 0 fully saturated rings. The van der Waals surface area contributed by atoms with Crippen LogP contribution in [-0.4, -0.2) is 95.9 Å². The first-order valence-electron chi connectivity index (χ1n) is 29.6. The molecule has 16 nitrogen and oxygen atoms in total. The van der Waals surface area contributed by atoms with Crippen molar-refractivity contribution in [1.29, 1.82) is 0 Å². The van der Waals surface area contributed by atoms with Gasteiger partial charge in [-0.05, 0) is 96.3 Å². The second-order valence-electron chi connectivity index (χ2n) is 19.8. The van der Waals surface area contributed by atoms with Gasteiger partial charge in [-0.1, -0.05) is 184 Å². The Bertz CT molecular complexity index is 1670. The molecule has 18 heteroatoms. The Hall–Kier alpha value is -2.75. The summed E-state index contributed by atoms with van der Waals surface area (Å²) in [6.07, 6.45) is 50.1. The molecule has 448 valence electrons. The molecule has 0 aliphatic heterocycles. The van der Waals surface area contributed by atoms with Gasteiger partial charge in [0, 0.05) is 19.3 Å². The predicted octanol–water partition coefficient (Wildman–Crippen LogP) is 15.1. The van der Waals surface area contributed by atoms with Crippen molar-refractivity contribution >= 4 is 33.6 Å². The van der Waals surface area contributed by atoms with Gasteiger partial charge >= 0.3 is 33.6 Å². The lowest BCUT2D eigenvalue weighted by Crippen LogP contribution is -2.30. The third-order valence-corrected chi connectivity index (χ3v) is 14.1. The Morgan fingerprint density at radius 3 is 1.14 bits per heavy atom. The van der Waals surface area contributed by atoms with Crippen molar-refractivity contribution in [3.05, 3.63) is 60.8 Å². The molecule has 0 aromatic heterocycles. The van der Waals surface area contributed by atoms with Crippen LogP contribution in [0.3, 0.4) is 0 Å². The van der Waals surface area contributed by atoms with E-state index in [1.807, 2.05) is 0 Å². The summed E-state index contributed by atoms with van der Waals surface area (Å²) in [5.74, 6) is -1.61. The number of ether oxygens (including phenoxy) is 3. The second kappa shape index (κ2) is 53.9. The fourth-order valence-corrected chi connectivity index (χ4v) is 9.20. The number of hydrogen-bond acceptors (Lipinski definition) is 14. The molecular weight excluding hydrogens is 1030 g/mol. The van der Waals surface area contributed by atoms with Gasteiger partial charge in [0.25, 0.3) is 0 Å². The molecule has 5 atom stereocenters. The molecule has 0 radical (unpaired) electrons. The van der Waals surface area contributed by atoms with Crippen molar-refractivity contribution in [2.24, 2.45) is 0 Å². The van der Waals surface area contributed by atoms with Crippen LogP contribution < -0.4 is 0 Å². The maximum atomic E-state index is 12.8. The molecule has 0 amide bonds. The summed E-state index contributed by atoms with van der Waals surface area (Å²) in [6.45, 7) is 2.45. The molecule has 0 aromatic carbocycles. The molecule has 5 unspecified atom stereocenters. The Morgan fingerprint density at radius 1 is 0.377 bits per heavy atom. The van der Waals surface area contributed by atoms with E-state index in [2.05, 4.69) is 81.5 Å². The molecule has 0 rings (SSSR count). The molecule has 77 heavy (non-hydrogen) atoms. The minimum absolute atomic E-state index is 0.0941. The topological polar surface area (TPSA) is 231 Å². The second-order valence-corrected chi connectivity index (χ2v) is 22.7. The first-order valence-corrected chi connectivity index (χ1v) is 32.6. The Kier molecular flexibility index (Phi) is 51.9. The molecule has 0 aliphatic rings. The lowest BCUT2D eigenvalue weighted by atomic mass is 10.1. The van der Waals surface area contributed by atoms with Crippen LogP contribution in [0.2, 0.25) is 0 Å². The van der Waals surface area contributed by atoms with E-state index >= 15 is 0 Å². The lowest BCUT2D eigenvalue weighted by Gasteiger charge is -2.21. The zero-order valence-corrected chi connectivity index (χ0v) is 49.7. The molecule has 0 saturated heterocycles. The van der Waals surface area contributed by atoms with E-state index in [0.717, 1.165) is 128 Å². The monoisotopic (exact) mass is 1130 g/mol. The van der Waals surface area contributed by atoms with Crippen molar-refractivity contribution in [2.75, 3.05) is 39.6 Å². The van der Waals surface area contributed by atoms with Crippen molar-refractivity contribution in [3.8, 4) is 0 Å². The Balaban J connectivity index is 4.68. The van der Waals surface area contributed by atoms with E-state index in [-0.39, 0.29) is 19.3 Å². The van der Waals surface area contributed by atoms with E-state index in [9.17, 15) is 43.5 Å². The zero-order chi connectivity index (χ0) is 56.8. The molecule has 4 N–H and O–H groups in total. The van der Waals surface area contributed by atoms with Gasteiger partial charge in [-0.25, -0.2) is 9.13 Å². The van der Waals surface area contributed by atoms with Gasteiger partial charge in [0.2, 0.25) is 0 Å². The third kappa shape index (κ3) is 55.0. The number of hydrogen-bond donors (Lipinski definition) is 4. The number of carbonyl (C=O) groups excluding carboxylic acids is 3. The standard InChI is InChI=1S/C59H106O16P2/c1-4-7-10-13-16-19-22-24-26-28-31-33-36-39-42-45-57(62)69-48-54(60)49-71-76(65,66)72-50-55(61)51-73-77(67,68)74-53-56(75-59(64)47-44-41-38-35-30-21-18-15-12-9-6-3)52-70-58(63)46-43-40-37-34-32-29-27-25-23-20-17-14-11-8-5-2/h7,10,15-16,18-19,24-27,54-56,60-61H,4-6,8-9,11-14,17,20-23,28-53H2,1-3H3,(H,65,66)(H,67,68)/b10-7-,18-15-,19-16-,26-24-,27-25-. The summed E-state index contributed by atoms with van der Waals surface area (Å²) in [5.41, 5.74) is 0. The summed E-state index contributed by atoms with van der Waals surface area (Å²) in [6, 6.07) is 0. The van der Waals surface area contributed by atoms with Crippen LogP contribution >= 0.6 is 15.6 Å². The van der Waals surface area contributed by atoms with Crippen LogP contribution in [0.25, 0.3) is 0 Å². The summed E-state index contributed by atoms with van der Waals surface area (Å²) in [5, 5.41) is 20.4. The van der Waals surface area contributed by atoms with Gasteiger partial charge < -0.3 is 34.2 Å². The van der Waals surface area contributed by atoms with Gasteiger partial charge in [0.1, 0.15) is 25.4 Å². The molecule has 0 spiro atoms. The van der Waals surface area contributed by atoms with Crippen LogP contribution in [0.4, 0.5) is 0 Å². The molecular formula is C59H106O16P2. The third-order valence-electron chi connectivity index (χ3n) is 12.2. The zero-order valence-electron chi connectivity index (χ0n) is 47.9. The average Bonchev–Trinajstić information content (AvgIpc) is 3.40. The molecule has 0 aromatic rings. The molecule has 0 bridgehead atoms. The number of phosphoric acid groups is 2. The first kappa shape index (κ1) is 74.2. The molecule has 0 heterocycles. The highest BCUT2D eigenvalue weighted by molar-refractivity contribution is 7.47. The van der Waals surface area contributed by atoms with Crippen LogP contribution in [0.1, 0.15) is 239 Å². The van der Waals surface area contributed by atoms with Gasteiger partial charge in [0.15, 0.2) is 6.10 Å². The number of aliphatic hydroxyl groups is 2. The van der Waals surface area contributed by atoms with E-state index in [1.165, 1.54) is 51.4 Å². The number of phosphoric ester groups is 2. The van der Waals surface area contributed by atoms with Crippen molar-refractivity contribution in [3.63, 3.8) is 0 Å². The number of rotatable bonds is 56. The van der Waals surface area contributed by atoms with Gasteiger partial charge in [-0.3, -0.25) is 32.5 Å². The minimum atomic E-state index is -4.91. The van der Waals surface area contributed by atoms with E-state index in [0.29, 0.717) is 19.3 Å². The predicted molar refractivity (Wildman–Crippen MR) is 307 cm³/mol. The summed E-state index contributed by atoms with van der Waals surface area (Å²) in [4.78, 5) is 58.0. The average molecular weight is 1130 g/mol.